The second-order valence-electron chi connectivity index (χ2n) is 3.46. The summed E-state index contributed by atoms with van der Waals surface area (Å²) in [5.41, 5.74) is 0. The Labute approximate surface area is 107 Å². The quantitative estimate of drug-likeness (QED) is 0.345. The van der Waals surface area contributed by atoms with Crippen molar-refractivity contribution in [1.29, 1.82) is 0 Å². The van der Waals surface area contributed by atoms with Gasteiger partial charge in [0.05, 0.1) is 13.2 Å². The number of carbonyl (C=O) groups is 3. The van der Waals surface area contributed by atoms with Crippen molar-refractivity contribution in [2.75, 3.05) is 26.4 Å². The highest BCUT2D eigenvalue weighted by molar-refractivity contribution is 6.15. The molecule has 0 aromatic heterocycles. The average molecular weight is 260 g/mol. The molecular formula is C12H20O6. The number of Topliss-reactive ketones (excluding diaryl/α,β-unsaturated/α-hetero) is 1. The third-order valence-electron chi connectivity index (χ3n) is 1.96. The van der Waals surface area contributed by atoms with Crippen molar-refractivity contribution < 1.29 is 28.6 Å². The fourth-order valence-corrected chi connectivity index (χ4v) is 1.21. The Bertz CT molecular complexity index is 268. The summed E-state index contributed by atoms with van der Waals surface area (Å²) in [6, 6.07) is 0. The summed E-state index contributed by atoms with van der Waals surface area (Å²) in [4.78, 5) is 34.8. The van der Waals surface area contributed by atoms with Crippen LogP contribution in [0.15, 0.2) is 0 Å². The zero-order valence-electron chi connectivity index (χ0n) is 11.1. The third-order valence-corrected chi connectivity index (χ3v) is 1.96. The molecule has 104 valence electrons. The highest BCUT2D eigenvalue weighted by Crippen LogP contribution is 2.06. The van der Waals surface area contributed by atoms with Gasteiger partial charge in [-0.25, -0.2) is 0 Å². The summed E-state index contributed by atoms with van der Waals surface area (Å²) in [5.74, 6) is -3.95. The SMILES string of the molecule is CCCOCC(=O)C(C(=O)OCC)C(=O)OCC. The fraction of sp³-hybridized carbons (Fsp3) is 0.750. The van der Waals surface area contributed by atoms with Crippen molar-refractivity contribution in [3.63, 3.8) is 0 Å². The summed E-state index contributed by atoms with van der Waals surface area (Å²) in [7, 11) is 0. The molecule has 0 aromatic carbocycles. The van der Waals surface area contributed by atoms with Gasteiger partial charge in [-0.05, 0) is 20.3 Å². The molecule has 0 aliphatic carbocycles. The van der Waals surface area contributed by atoms with E-state index in [0.29, 0.717) is 6.61 Å². The Morgan fingerprint density at radius 3 is 1.83 bits per heavy atom. The molecule has 0 spiro atoms. The Morgan fingerprint density at radius 1 is 0.944 bits per heavy atom. The summed E-state index contributed by atoms with van der Waals surface area (Å²) in [6.45, 7) is 5.37. The second-order valence-corrected chi connectivity index (χ2v) is 3.46. The van der Waals surface area contributed by atoms with E-state index in [1.807, 2.05) is 6.92 Å². The molecule has 0 bridgehead atoms. The van der Waals surface area contributed by atoms with E-state index in [1.165, 1.54) is 0 Å². The number of ether oxygens (including phenoxy) is 3. The van der Waals surface area contributed by atoms with Crippen molar-refractivity contribution in [3.8, 4) is 0 Å². The van der Waals surface area contributed by atoms with Crippen molar-refractivity contribution in [1.82, 2.24) is 0 Å². The van der Waals surface area contributed by atoms with Crippen LogP contribution in [0.5, 0.6) is 0 Å². The Hall–Kier alpha value is -1.43. The normalized spacial score (nSPS) is 10.2. The number of carbonyl (C=O) groups excluding carboxylic acids is 3. The van der Waals surface area contributed by atoms with Crippen molar-refractivity contribution in [3.05, 3.63) is 0 Å². The van der Waals surface area contributed by atoms with Crippen LogP contribution in [0.25, 0.3) is 0 Å². The van der Waals surface area contributed by atoms with Crippen LogP contribution in [0, 0.1) is 5.92 Å². The number of rotatable bonds is 9. The summed E-state index contributed by atoms with van der Waals surface area (Å²) in [5, 5.41) is 0. The predicted octanol–water partition coefficient (Wildman–Crippen LogP) is 0.724. The smallest absolute Gasteiger partial charge is 0.328 e. The van der Waals surface area contributed by atoms with E-state index in [1.54, 1.807) is 13.8 Å². The van der Waals surface area contributed by atoms with Gasteiger partial charge >= 0.3 is 11.9 Å². The first kappa shape index (κ1) is 16.6. The average Bonchev–Trinajstić information content (AvgIpc) is 2.30. The molecule has 0 atom stereocenters. The van der Waals surface area contributed by atoms with Gasteiger partial charge in [0.15, 0.2) is 5.78 Å². The minimum absolute atomic E-state index is 0.0951. The molecule has 0 N–H and O–H groups in total. The van der Waals surface area contributed by atoms with Crippen molar-refractivity contribution >= 4 is 17.7 Å². The first-order chi connectivity index (χ1) is 8.58. The highest BCUT2D eigenvalue weighted by atomic mass is 16.6. The van der Waals surface area contributed by atoms with Gasteiger partial charge in [-0.3, -0.25) is 14.4 Å². The first-order valence-corrected chi connectivity index (χ1v) is 6.02. The molecule has 0 aromatic rings. The molecule has 0 saturated heterocycles. The van der Waals surface area contributed by atoms with Gasteiger partial charge in [0, 0.05) is 6.61 Å². The van der Waals surface area contributed by atoms with Crippen molar-refractivity contribution in [2.24, 2.45) is 5.92 Å². The molecule has 18 heavy (non-hydrogen) atoms. The molecule has 0 fully saturated rings. The van der Waals surface area contributed by atoms with E-state index < -0.39 is 23.6 Å². The lowest BCUT2D eigenvalue weighted by Crippen LogP contribution is -2.37. The molecule has 0 rings (SSSR count). The zero-order chi connectivity index (χ0) is 14.0. The summed E-state index contributed by atoms with van der Waals surface area (Å²) in [6.07, 6.45) is 0.747. The van der Waals surface area contributed by atoms with Crippen LogP contribution in [-0.2, 0) is 28.6 Å². The molecule has 0 amide bonds. The van der Waals surface area contributed by atoms with Gasteiger partial charge in [-0.15, -0.1) is 0 Å². The maximum absolute atomic E-state index is 11.7. The van der Waals surface area contributed by atoms with Gasteiger partial charge < -0.3 is 14.2 Å². The van der Waals surface area contributed by atoms with Crippen LogP contribution in [0.3, 0.4) is 0 Å². The molecular weight excluding hydrogens is 240 g/mol. The second kappa shape index (κ2) is 9.58. The van der Waals surface area contributed by atoms with E-state index in [0.717, 1.165) is 6.42 Å². The highest BCUT2D eigenvalue weighted by Gasteiger charge is 2.36. The van der Waals surface area contributed by atoms with Gasteiger partial charge in [0.2, 0.25) is 5.92 Å². The van der Waals surface area contributed by atoms with E-state index in [4.69, 9.17) is 4.74 Å². The van der Waals surface area contributed by atoms with Gasteiger partial charge in [-0.2, -0.15) is 0 Å². The number of ketones is 1. The molecule has 0 radical (unpaired) electrons. The van der Waals surface area contributed by atoms with Gasteiger partial charge in [0.1, 0.15) is 6.61 Å². The minimum atomic E-state index is -1.54. The molecule has 0 saturated carbocycles. The minimum Gasteiger partial charge on any atom is -0.465 e. The number of hydrogen-bond acceptors (Lipinski definition) is 6. The molecule has 6 heteroatoms. The zero-order valence-corrected chi connectivity index (χ0v) is 11.1. The Balaban J connectivity index is 4.58. The lowest BCUT2D eigenvalue weighted by Gasteiger charge is -2.13. The topological polar surface area (TPSA) is 78.9 Å². The van der Waals surface area contributed by atoms with Crippen LogP contribution in [0.4, 0.5) is 0 Å². The standard InChI is InChI=1S/C12H20O6/c1-4-7-16-8-9(13)10(11(14)17-5-2)12(15)18-6-3/h10H,4-8H2,1-3H3. The van der Waals surface area contributed by atoms with Gasteiger partial charge in [0.25, 0.3) is 0 Å². The largest absolute Gasteiger partial charge is 0.465 e. The molecule has 0 unspecified atom stereocenters. The van der Waals surface area contributed by atoms with Gasteiger partial charge in [-0.1, -0.05) is 6.92 Å². The molecule has 6 nitrogen and oxygen atoms in total. The third kappa shape index (κ3) is 5.77. The van der Waals surface area contributed by atoms with E-state index in [-0.39, 0.29) is 19.8 Å². The van der Waals surface area contributed by atoms with Crippen LogP contribution in [0.1, 0.15) is 27.2 Å². The first-order valence-electron chi connectivity index (χ1n) is 6.02. The fourth-order valence-electron chi connectivity index (χ4n) is 1.21. The molecule has 0 heterocycles. The van der Waals surface area contributed by atoms with E-state index in [2.05, 4.69) is 9.47 Å². The maximum atomic E-state index is 11.7. The van der Waals surface area contributed by atoms with Crippen LogP contribution < -0.4 is 0 Å². The number of hydrogen-bond donors (Lipinski definition) is 0. The summed E-state index contributed by atoms with van der Waals surface area (Å²) >= 11 is 0. The lowest BCUT2D eigenvalue weighted by atomic mass is 10.1. The van der Waals surface area contributed by atoms with E-state index >= 15 is 0 Å². The van der Waals surface area contributed by atoms with E-state index in [9.17, 15) is 14.4 Å². The maximum Gasteiger partial charge on any atom is 0.328 e. The molecule has 0 aliphatic rings. The lowest BCUT2D eigenvalue weighted by molar-refractivity contribution is -0.165. The Kier molecular flexibility index (Phi) is 8.82. The predicted molar refractivity (Wildman–Crippen MR) is 62.9 cm³/mol. The summed E-state index contributed by atoms with van der Waals surface area (Å²) < 4.78 is 14.4. The molecule has 0 aliphatic heterocycles. The van der Waals surface area contributed by atoms with Crippen LogP contribution >= 0.6 is 0 Å². The van der Waals surface area contributed by atoms with Crippen LogP contribution in [0.2, 0.25) is 0 Å². The number of esters is 2. The van der Waals surface area contributed by atoms with Crippen molar-refractivity contribution in [2.45, 2.75) is 27.2 Å². The monoisotopic (exact) mass is 260 g/mol. The Morgan fingerprint density at radius 2 is 1.44 bits per heavy atom. The van der Waals surface area contributed by atoms with Crippen LogP contribution in [-0.4, -0.2) is 44.1 Å².